The van der Waals surface area contributed by atoms with Crippen LogP contribution in [0.25, 0.3) is 10.9 Å². The number of amides is 1. The van der Waals surface area contributed by atoms with Crippen LogP contribution in [-0.4, -0.2) is 17.9 Å². The summed E-state index contributed by atoms with van der Waals surface area (Å²) in [5.41, 5.74) is 3.16. The lowest BCUT2D eigenvalue weighted by atomic mass is 10.00. The molecule has 5 nitrogen and oxygen atoms in total. The first-order chi connectivity index (χ1) is 12.0. The van der Waals surface area contributed by atoms with Crippen LogP contribution in [-0.2, 0) is 0 Å². The van der Waals surface area contributed by atoms with Gasteiger partial charge in [0, 0.05) is 35.5 Å². The lowest BCUT2D eigenvalue weighted by molar-refractivity contribution is 0.102. The van der Waals surface area contributed by atoms with Crippen LogP contribution in [0, 0.1) is 0 Å². The van der Waals surface area contributed by atoms with Gasteiger partial charge in [0.2, 0.25) is 5.43 Å². The zero-order chi connectivity index (χ0) is 18.0. The van der Waals surface area contributed by atoms with E-state index in [1.54, 1.807) is 12.1 Å². The molecule has 0 atom stereocenters. The van der Waals surface area contributed by atoms with Gasteiger partial charge in [-0.1, -0.05) is 32.0 Å². The van der Waals surface area contributed by atoms with E-state index >= 15 is 0 Å². The van der Waals surface area contributed by atoms with Gasteiger partial charge >= 0.3 is 0 Å². The van der Waals surface area contributed by atoms with Gasteiger partial charge < -0.3 is 15.6 Å². The SMILES string of the molecule is CNc1ccc(C(C)C)c(NC(=O)c2c[nH]c3ccccc3c2=O)c1. The highest BCUT2D eigenvalue weighted by atomic mass is 16.2. The van der Waals surface area contributed by atoms with E-state index in [4.69, 9.17) is 0 Å². The Kier molecular flexibility index (Phi) is 4.57. The van der Waals surface area contributed by atoms with E-state index in [1.165, 1.54) is 6.20 Å². The molecule has 0 saturated heterocycles. The number of rotatable bonds is 4. The van der Waals surface area contributed by atoms with E-state index in [-0.39, 0.29) is 16.9 Å². The van der Waals surface area contributed by atoms with Crippen LogP contribution >= 0.6 is 0 Å². The van der Waals surface area contributed by atoms with Gasteiger partial charge in [-0.05, 0) is 35.7 Å². The average Bonchev–Trinajstić information content (AvgIpc) is 2.61. The summed E-state index contributed by atoms with van der Waals surface area (Å²) in [6.45, 7) is 4.12. The summed E-state index contributed by atoms with van der Waals surface area (Å²) in [5.74, 6) is -0.168. The number of pyridine rings is 1. The van der Waals surface area contributed by atoms with E-state index in [0.29, 0.717) is 16.6 Å². The molecule has 2 aromatic carbocycles. The Hall–Kier alpha value is -3.08. The van der Waals surface area contributed by atoms with E-state index in [0.717, 1.165) is 11.3 Å². The van der Waals surface area contributed by atoms with Crippen molar-refractivity contribution < 1.29 is 4.79 Å². The number of anilines is 2. The molecule has 3 aromatic rings. The molecule has 25 heavy (non-hydrogen) atoms. The number of nitrogens with one attached hydrogen (secondary N) is 3. The molecule has 3 rings (SSSR count). The Morgan fingerprint density at radius 3 is 2.60 bits per heavy atom. The first-order valence-corrected chi connectivity index (χ1v) is 8.24. The third kappa shape index (κ3) is 3.26. The van der Waals surface area contributed by atoms with Crippen molar-refractivity contribution in [1.29, 1.82) is 0 Å². The molecule has 0 aliphatic rings. The number of benzene rings is 2. The number of aromatic nitrogens is 1. The molecule has 1 amide bonds. The molecule has 128 valence electrons. The lowest BCUT2D eigenvalue weighted by Crippen LogP contribution is -2.22. The van der Waals surface area contributed by atoms with Crippen molar-refractivity contribution in [3.05, 3.63) is 70.0 Å². The van der Waals surface area contributed by atoms with Crippen molar-refractivity contribution in [1.82, 2.24) is 4.98 Å². The summed E-state index contributed by atoms with van der Waals surface area (Å²) in [4.78, 5) is 28.3. The van der Waals surface area contributed by atoms with Crippen molar-refractivity contribution in [2.75, 3.05) is 17.7 Å². The Bertz CT molecular complexity index is 990. The second-order valence-corrected chi connectivity index (χ2v) is 6.24. The zero-order valence-corrected chi connectivity index (χ0v) is 14.5. The maximum absolute atomic E-state index is 12.7. The number of para-hydroxylation sites is 1. The molecule has 0 aliphatic carbocycles. The molecule has 1 aromatic heterocycles. The fraction of sp³-hybridized carbons (Fsp3) is 0.200. The summed E-state index contributed by atoms with van der Waals surface area (Å²) in [7, 11) is 1.82. The van der Waals surface area contributed by atoms with Crippen molar-refractivity contribution in [3.8, 4) is 0 Å². The van der Waals surface area contributed by atoms with Crippen LogP contribution < -0.4 is 16.1 Å². The zero-order valence-electron chi connectivity index (χ0n) is 14.5. The van der Waals surface area contributed by atoms with Crippen molar-refractivity contribution >= 4 is 28.2 Å². The van der Waals surface area contributed by atoms with E-state index < -0.39 is 5.91 Å². The second kappa shape index (κ2) is 6.81. The first-order valence-electron chi connectivity index (χ1n) is 8.24. The summed E-state index contributed by atoms with van der Waals surface area (Å²) < 4.78 is 0. The van der Waals surface area contributed by atoms with Crippen molar-refractivity contribution in [3.63, 3.8) is 0 Å². The number of H-pyrrole nitrogens is 1. The molecule has 0 aliphatic heterocycles. The highest BCUT2D eigenvalue weighted by Gasteiger charge is 2.16. The van der Waals surface area contributed by atoms with Crippen LogP contribution in [0.3, 0.4) is 0 Å². The molecular weight excluding hydrogens is 314 g/mol. The van der Waals surface area contributed by atoms with Gasteiger partial charge in [-0.25, -0.2) is 0 Å². The van der Waals surface area contributed by atoms with E-state index in [1.807, 2.05) is 37.4 Å². The highest BCUT2D eigenvalue weighted by Crippen LogP contribution is 2.27. The van der Waals surface area contributed by atoms with Crippen LogP contribution in [0.5, 0.6) is 0 Å². The molecular formula is C20H21N3O2. The summed E-state index contributed by atoms with van der Waals surface area (Å²) >= 11 is 0. The number of carbonyl (C=O) groups is 1. The third-order valence-electron chi connectivity index (χ3n) is 4.25. The molecule has 3 N–H and O–H groups in total. The van der Waals surface area contributed by atoms with Gasteiger partial charge in [-0.2, -0.15) is 0 Å². The molecule has 0 fully saturated rings. The molecule has 1 heterocycles. The minimum absolute atomic E-state index is 0.100. The molecule has 0 bridgehead atoms. The van der Waals surface area contributed by atoms with Gasteiger partial charge in [0.15, 0.2) is 0 Å². The van der Waals surface area contributed by atoms with Crippen LogP contribution in [0.1, 0.15) is 35.7 Å². The third-order valence-corrected chi connectivity index (χ3v) is 4.25. The maximum Gasteiger partial charge on any atom is 0.261 e. The average molecular weight is 335 g/mol. The maximum atomic E-state index is 12.7. The number of fused-ring (bicyclic) bond motifs is 1. The number of carbonyl (C=O) groups excluding carboxylic acids is 1. The molecule has 5 heteroatoms. The monoisotopic (exact) mass is 335 g/mol. The van der Waals surface area contributed by atoms with Gasteiger partial charge in [0.05, 0.1) is 0 Å². The molecule has 0 saturated carbocycles. The minimum Gasteiger partial charge on any atom is -0.388 e. The predicted octanol–water partition coefficient (Wildman–Crippen LogP) is 3.95. The summed E-state index contributed by atoms with van der Waals surface area (Å²) in [6.07, 6.45) is 1.47. The smallest absolute Gasteiger partial charge is 0.261 e. The molecule has 0 radical (unpaired) electrons. The fourth-order valence-electron chi connectivity index (χ4n) is 2.85. The van der Waals surface area contributed by atoms with Crippen molar-refractivity contribution in [2.24, 2.45) is 0 Å². The van der Waals surface area contributed by atoms with Gasteiger partial charge in [-0.15, -0.1) is 0 Å². The Balaban J connectivity index is 2.01. The number of hydrogen-bond acceptors (Lipinski definition) is 3. The highest BCUT2D eigenvalue weighted by molar-refractivity contribution is 6.06. The van der Waals surface area contributed by atoms with E-state index in [2.05, 4.69) is 29.5 Å². The van der Waals surface area contributed by atoms with Gasteiger partial charge in [0.1, 0.15) is 5.56 Å². The summed E-state index contributed by atoms with van der Waals surface area (Å²) in [5, 5.41) is 6.46. The minimum atomic E-state index is -0.415. The molecule has 0 spiro atoms. The number of hydrogen-bond donors (Lipinski definition) is 3. The standard InChI is InChI=1S/C20H21N3O2/c1-12(2)14-9-8-13(21-3)10-18(14)23-20(25)16-11-22-17-7-5-4-6-15(17)19(16)24/h4-12,21H,1-3H3,(H,22,24)(H,23,25). The Labute approximate surface area is 146 Å². The normalized spacial score (nSPS) is 10.9. The van der Waals surface area contributed by atoms with Crippen LogP contribution in [0.4, 0.5) is 11.4 Å². The Morgan fingerprint density at radius 1 is 1.12 bits per heavy atom. The second-order valence-electron chi connectivity index (χ2n) is 6.24. The predicted molar refractivity (Wildman–Crippen MR) is 103 cm³/mol. The quantitative estimate of drug-likeness (QED) is 0.676. The number of aromatic amines is 1. The molecule has 0 unspecified atom stereocenters. The van der Waals surface area contributed by atoms with Crippen LogP contribution in [0.15, 0.2) is 53.5 Å². The largest absolute Gasteiger partial charge is 0.388 e. The lowest BCUT2D eigenvalue weighted by Gasteiger charge is -2.15. The summed E-state index contributed by atoms with van der Waals surface area (Å²) in [6, 6.07) is 13.0. The van der Waals surface area contributed by atoms with E-state index in [9.17, 15) is 9.59 Å². The fourth-order valence-corrected chi connectivity index (χ4v) is 2.85. The van der Waals surface area contributed by atoms with Crippen LogP contribution in [0.2, 0.25) is 0 Å². The van der Waals surface area contributed by atoms with Gasteiger partial charge in [0.25, 0.3) is 5.91 Å². The topological polar surface area (TPSA) is 74.0 Å². The van der Waals surface area contributed by atoms with Gasteiger partial charge in [-0.3, -0.25) is 9.59 Å². The first kappa shape index (κ1) is 16.8. The van der Waals surface area contributed by atoms with Crippen molar-refractivity contribution in [2.45, 2.75) is 19.8 Å². The Morgan fingerprint density at radius 2 is 1.88 bits per heavy atom.